The van der Waals surface area contributed by atoms with Gasteiger partial charge in [-0.15, -0.1) is 0 Å². The van der Waals surface area contributed by atoms with Crippen LogP contribution in [0.4, 0.5) is 8.78 Å². The van der Waals surface area contributed by atoms with E-state index in [4.69, 9.17) is 11.6 Å². The first-order chi connectivity index (χ1) is 7.16. The number of hydrogen-bond acceptors (Lipinski definition) is 1. The van der Waals surface area contributed by atoms with Gasteiger partial charge in [-0.1, -0.05) is 11.6 Å². The first-order valence-electron chi connectivity index (χ1n) is 4.24. The van der Waals surface area contributed by atoms with Gasteiger partial charge in [0.2, 0.25) is 0 Å². The highest BCUT2D eigenvalue weighted by molar-refractivity contribution is 6.30. The van der Waals surface area contributed by atoms with Crippen LogP contribution in [0.1, 0.15) is 0 Å². The Morgan fingerprint density at radius 1 is 1.07 bits per heavy atom. The van der Waals surface area contributed by atoms with E-state index >= 15 is 0 Å². The SMILES string of the molecule is Fc1ccc(-c2ncc(Cl)cc2F)cc1. The molecule has 15 heavy (non-hydrogen) atoms. The molecule has 1 aromatic heterocycles. The van der Waals surface area contributed by atoms with Gasteiger partial charge in [0.05, 0.1) is 5.02 Å². The molecule has 0 N–H and O–H groups in total. The quantitative estimate of drug-likeness (QED) is 0.722. The second kappa shape index (κ2) is 3.95. The molecular formula is C11H6ClF2N. The molecule has 0 radical (unpaired) electrons. The summed E-state index contributed by atoms with van der Waals surface area (Å²) >= 11 is 5.57. The van der Waals surface area contributed by atoms with Crippen LogP contribution < -0.4 is 0 Å². The zero-order valence-corrected chi connectivity index (χ0v) is 8.30. The van der Waals surface area contributed by atoms with Crippen LogP contribution in [0.25, 0.3) is 11.3 Å². The second-order valence-electron chi connectivity index (χ2n) is 2.99. The van der Waals surface area contributed by atoms with E-state index in [1.807, 2.05) is 0 Å². The third-order valence-corrected chi connectivity index (χ3v) is 2.13. The van der Waals surface area contributed by atoms with Crippen molar-refractivity contribution in [2.24, 2.45) is 0 Å². The highest BCUT2D eigenvalue weighted by Gasteiger charge is 2.07. The molecule has 0 fully saturated rings. The van der Waals surface area contributed by atoms with Crippen molar-refractivity contribution in [1.29, 1.82) is 0 Å². The minimum atomic E-state index is -0.519. The molecule has 0 saturated heterocycles. The van der Waals surface area contributed by atoms with Gasteiger partial charge in [-0.25, -0.2) is 8.78 Å². The van der Waals surface area contributed by atoms with Gasteiger partial charge in [0.15, 0.2) is 5.82 Å². The van der Waals surface area contributed by atoms with Crippen molar-refractivity contribution in [3.05, 3.63) is 53.2 Å². The lowest BCUT2D eigenvalue weighted by atomic mass is 10.1. The van der Waals surface area contributed by atoms with Gasteiger partial charge in [0.1, 0.15) is 11.5 Å². The largest absolute Gasteiger partial charge is 0.252 e. The second-order valence-corrected chi connectivity index (χ2v) is 3.43. The molecule has 1 aromatic carbocycles. The Hall–Kier alpha value is -1.48. The summed E-state index contributed by atoms with van der Waals surface area (Å²) in [7, 11) is 0. The fraction of sp³-hybridized carbons (Fsp3) is 0. The lowest BCUT2D eigenvalue weighted by molar-refractivity contribution is 0.623. The minimum Gasteiger partial charge on any atom is -0.252 e. The fourth-order valence-electron chi connectivity index (χ4n) is 1.23. The normalized spacial score (nSPS) is 10.3. The summed E-state index contributed by atoms with van der Waals surface area (Å²) in [5.41, 5.74) is 0.685. The van der Waals surface area contributed by atoms with Crippen LogP contribution in [-0.4, -0.2) is 4.98 Å². The smallest absolute Gasteiger partial charge is 0.150 e. The van der Waals surface area contributed by atoms with Crippen LogP contribution in [-0.2, 0) is 0 Å². The van der Waals surface area contributed by atoms with Gasteiger partial charge in [0, 0.05) is 11.8 Å². The lowest BCUT2D eigenvalue weighted by Gasteiger charge is -2.02. The topological polar surface area (TPSA) is 12.9 Å². The molecule has 0 spiro atoms. The average molecular weight is 226 g/mol. The van der Waals surface area contributed by atoms with Crippen molar-refractivity contribution in [1.82, 2.24) is 4.98 Å². The fourth-order valence-corrected chi connectivity index (χ4v) is 1.38. The number of pyridine rings is 1. The average Bonchev–Trinajstić information content (AvgIpc) is 2.20. The van der Waals surface area contributed by atoms with E-state index < -0.39 is 5.82 Å². The molecule has 0 aliphatic heterocycles. The standard InChI is InChI=1S/C11H6ClF2N/c12-8-5-10(14)11(15-6-8)7-1-3-9(13)4-2-7/h1-6H. The molecule has 0 bridgehead atoms. The summed E-state index contributed by atoms with van der Waals surface area (Å²) in [6.45, 7) is 0. The summed E-state index contributed by atoms with van der Waals surface area (Å²) in [6, 6.07) is 6.62. The molecule has 4 heteroatoms. The van der Waals surface area contributed by atoms with Crippen molar-refractivity contribution in [2.75, 3.05) is 0 Å². The molecule has 0 amide bonds. The summed E-state index contributed by atoms with van der Waals surface area (Å²) in [6.07, 6.45) is 1.35. The first-order valence-corrected chi connectivity index (χ1v) is 4.61. The highest BCUT2D eigenvalue weighted by Crippen LogP contribution is 2.22. The molecule has 76 valence electrons. The van der Waals surface area contributed by atoms with E-state index in [0.717, 1.165) is 0 Å². The number of nitrogens with zero attached hydrogens (tertiary/aromatic N) is 1. The van der Waals surface area contributed by atoms with Crippen molar-refractivity contribution < 1.29 is 8.78 Å². The van der Waals surface area contributed by atoms with E-state index in [9.17, 15) is 8.78 Å². The van der Waals surface area contributed by atoms with Crippen molar-refractivity contribution in [3.63, 3.8) is 0 Å². The molecule has 0 aliphatic rings. The van der Waals surface area contributed by atoms with Gasteiger partial charge >= 0.3 is 0 Å². The molecule has 0 unspecified atom stereocenters. The van der Waals surface area contributed by atoms with Crippen LogP contribution in [0.15, 0.2) is 36.5 Å². The molecular weight excluding hydrogens is 220 g/mol. The number of benzene rings is 1. The van der Waals surface area contributed by atoms with E-state index in [2.05, 4.69) is 4.98 Å². The van der Waals surface area contributed by atoms with E-state index in [0.29, 0.717) is 5.56 Å². The Kier molecular flexibility index (Phi) is 2.64. The molecule has 1 nitrogen and oxygen atoms in total. The molecule has 0 aliphatic carbocycles. The lowest BCUT2D eigenvalue weighted by Crippen LogP contribution is -1.89. The summed E-state index contributed by atoms with van der Waals surface area (Å²) in [5.74, 6) is -0.887. The maximum absolute atomic E-state index is 13.4. The summed E-state index contributed by atoms with van der Waals surface area (Å²) in [5, 5.41) is 0.235. The molecule has 0 atom stereocenters. The Balaban J connectivity index is 2.49. The molecule has 0 saturated carbocycles. The zero-order chi connectivity index (χ0) is 10.8. The predicted octanol–water partition coefficient (Wildman–Crippen LogP) is 3.68. The van der Waals surface area contributed by atoms with Gasteiger partial charge in [0.25, 0.3) is 0 Å². The third kappa shape index (κ3) is 2.13. The van der Waals surface area contributed by atoms with Crippen LogP contribution in [0.2, 0.25) is 5.02 Å². The van der Waals surface area contributed by atoms with Gasteiger partial charge in [-0.3, -0.25) is 4.98 Å². The van der Waals surface area contributed by atoms with E-state index in [-0.39, 0.29) is 16.5 Å². The summed E-state index contributed by atoms with van der Waals surface area (Å²) < 4.78 is 26.0. The zero-order valence-electron chi connectivity index (χ0n) is 7.55. The Labute approximate surface area is 90.3 Å². The Bertz CT molecular complexity index is 482. The van der Waals surface area contributed by atoms with Gasteiger partial charge in [-0.05, 0) is 30.3 Å². The number of hydrogen-bond donors (Lipinski definition) is 0. The van der Waals surface area contributed by atoms with Crippen LogP contribution in [0.3, 0.4) is 0 Å². The van der Waals surface area contributed by atoms with E-state index in [1.165, 1.54) is 36.5 Å². The Morgan fingerprint density at radius 3 is 2.33 bits per heavy atom. The third-order valence-electron chi connectivity index (χ3n) is 1.93. The Morgan fingerprint density at radius 2 is 1.73 bits per heavy atom. The summed E-state index contributed by atoms with van der Waals surface area (Å²) in [4.78, 5) is 3.85. The van der Waals surface area contributed by atoms with Crippen molar-refractivity contribution >= 4 is 11.6 Å². The molecule has 1 heterocycles. The van der Waals surface area contributed by atoms with Crippen LogP contribution in [0, 0.1) is 11.6 Å². The molecule has 2 aromatic rings. The number of halogens is 3. The number of aromatic nitrogens is 1. The first kappa shape index (κ1) is 10.1. The van der Waals surface area contributed by atoms with Crippen molar-refractivity contribution in [3.8, 4) is 11.3 Å². The maximum atomic E-state index is 13.4. The predicted molar refractivity (Wildman–Crippen MR) is 54.6 cm³/mol. The van der Waals surface area contributed by atoms with Gasteiger partial charge in [-0.2, -0.15) is 0 Å². The maximum Gasteiger partial charge on any atom is 0.150 e. The van der Waals surface area contributed by atoms with E-state index in [1.54, 1.807) is 0 Å². The van der Waals surface area contributed by atoms with Crippen LogP contribution in [0.5, 0.6) is 0 Å². The van der Waals surface area contributed by atoms with Gasteiger partial charge < -0.3 is 0 Å². The number of rotatable bonds is 1. The van der Waals surface area contributed by atoms with Crippen LogP contribution >= 0.6 is 11.6 Å². The highest BCUT2D eigenvalue weighted by atomic mass is 35.5. The van der Waals surface area contributed by atoms with Crippen molar-refractivity contribution in [2.45, 2.75) is 0 Å². The minimum absolute atomic E-state index is 0.166. The monoisotopic (exact) mass is 225 g/mol. The molecule has 2 rings (SSSR count).